The van der Waals surface area contributed by atoms with Crippen LogP contribution in [0.2, 0.25) is 0 Å². The maximum atomic E-state index is 13.2. The zero-order valence-corrected chi connectivity index (χ0v) is 17.0. The van der Waals surface area contributed by atoms with E-state index < -0.39 is 15.9 Å². The van der Waals surface area contributed by atoms with Crippen LogP contribution in [0.3, 0.4) is 0 Å². The average Bonchev–Trinajstić information content (AvgIpc) is 3.18. The molecule has 2 heterocycles. The first kappa shape index (κ1) is 18.9. The first-order valence-corrected chi connectivity index (χ1v) is 11.3. The molecule has 3 aromatic rings. The van der Waals surface area contributed by atoms with Gasteiger partial charge < -0.3 is 5.32 Å². The van der Waals surface area contributed by atoms with Crippen molar-refractivity contribution in [1.29, 1.82) is 0 Å². The zero-order chi connectivity index (χ0) is 19.7. The van der Waals surface area contributed by atoms with Gasteiger partial charge in [0.25, 0.3) is 5.91 Å². The highest BCUT2D eigenvalue weighted by Crippen LogP contribution is 2.30. The van der Waals surface area contributed by atoms with Gasteiger partial charge in [0, 0.05) is 18.8 Å². The highest BCUT2D eigenvalue weighted by molar-refractivity contribution is 7.89. The van der Waals surface area contributed by atoms with E-state index in [1.807, 2.05) is 49.4 Å². The molecule has 0 atom stereocenters. The van der Waals surface area contributed by atoms with Gasteiger partial charge in [-0.25, -0.2) is 8.42 Å². The lowest BCUT2D eigenvalue weighted by atomic mass is 10.0. The van der Waals surface area contributed by atoms with Crippen LogP contribution in [-0.4, -0.2) is 25.2 Å². The van der Waals surface area contributed by atoms with Crippen LogP contribution >= 0.6 is 11.3 Å². The van der Waals surface area contributed by atoms with Gasteiger partial charge in [-0.05, 0) is 53.6 Å². The van der Waals surface area contributed by atoms with Gasteiger partial charge >= 0.3 is 0 Å². The summed E-state index contributed by atoms with van der Waals surface area (Å²) in [5, 5.41) is 4.45. The molecule has 0 fully saturated rings. The Labute approximate surface area is 168 Å². The molecule has 5 nitrogen and oxygen atoms in total. The summed E-state index contributed by atoms with van der Waals surface area (Å²) in [6, 6.07) is 16.8. The summed E-state index contributed by atoms with van der Waals surface area (Å²) in [7, 11) is -3.75. The molecule has 0 bridgehead atoms. The standard InChI is InChI=1S/C21H20N2O3S2/c1-15-5-4-8-18(13-15)22-21(24)20-19(10-12-27-20)28(25,26)23-11-9-16-6-2-3-7-17(16)14-23/h2-8,10,12-13H,9,11,14H2,1H3,(H,22,24). The summed E-state index contributed by atoms with van der Waals surface area (Å²) < 4.78 is 27.9. The second kappa shape index (κ2) is 7.50. The molecular formula is C21H20N2O3S2. The molecule has 1 amide bonds. The number of sulfonamides is 1. The third kappa shape index (κ3) is 3.61. The van der Waals surface area contributed by atoms with Crippen LogP contribution < -0.4 is 5.32 Å². The minimum atomic E-state index is -3.75. The Morgan fingerprint density at radius 1 is 1.07 bits per heavy atom. The number of hydrogen-bond donors (Lipinski definition) is 1. The average molecular weight is 413 g/mol. The van der Waals surface area contributed by atoms with Crippen LogP contribution in [0, 0.1) is 6.92 Å². The van der Waals surface area contributed by atoms with E-state index in [1.54, 1.807) is 11.4 Å². The highest BCUT2D eigenvalue weighted by Gasteiger charge is 2.32. The van der Waals surface area contributed by atoms with E-state index >= 15 is 0 Å². The summed E-state index contributed by atoms with van der Waals surface area (Å²) in [4.78, 5) is 13.0. The molecule has 1 aliphatic heterocycles. The fraction of sp³-hybridized carbons (Fsp3) is 0.190. The second-order valence-corrected chi connectivity index (χ2v) is 9.62. The van der Waals surface area contributed by atoms with E-state index in [1.165, 1.54) is 15.9 Å². The third-order valence-electron chi connectivity index (χ3n) is 4.82. The number of fused-ring (bicyclic) bond motifs is 1. The first-order chi connectivity index (χ1) is 13.4. The van der Waals surface area contributed by atoms with E-state index in [0.717, 1.165) is 22.5 Å². The summed E-state index contributed by atoms with van der Waals surface area (Å²) in [6.45, 7) is 2.67. The molecule has 144 valence electrons. The van der Waals surface area contributed by atoms with Gasteiger partial charge in [0.1, 0.15) is 9.77 Å². The Morgan fingerprint density at radius 3 is 2.64 bits per heavy atom. The number of aryl methyl sites for hydroxylation is 1. The number of hydrogen-bond acceptors (Lipinski definition) is 4. The van der Waals surface area contributed by atoms with E-state index in [9.17, 15) is 13.2 Å². The molecule has 2 aromatic carbocycles. The molecule has 0 saturated carbocycles. The Bertz CT molecular complexity index is 1140. The number of carbonyl (C=O) groups excluding carboxylic acids is 1. The minimum Gasteiger partial charge on any atom is -0.321 e. The van der Waals surface area contributed by atoms with Crippen LogP contribution in [0.1, 0.15) is 26.4 Å². The highest BCUT2D eigenvalue weighted by atomic mass is 32.2. The monoisotopic (exact) mass is 412 g/mol. The van der Waals surface area contributed by atoms with Gasteiger partial charge in [-0.2, -0.15) is 4.31 Å². The van der Waals surface area contributed by atoms with Crippen molar-refractivity contribution in [1.82, 2.24) is 4.31 Å². The molecule has 0 spiro atoms. The van der Waals surface area contributed by atoms with E-state index in [-0.39, 0.29) is 9.77 Å². The fourth-order valence-corrected chi connectivity index (χ4v) is 6.11. The Kier molecular flexibility index (Phi) is 5.05. The molecule has 1 aliphatic rings. The van der Waals surface area contributed by atoms with Crippen molar-refractivity contribution >= 4 is 33.0 Å². The van der Waals surface area contributed by atoms with Crippen molar-refractivity contribution in [3.8, 4) is 0 Å². The lowest BCUT2D eigenvalue weighted by Crippen LogP contribution is -2.36. The predicted octanol–water partition coefficient (Wildman–Crippen LogP) is 4.06. The van der Waals surface area contributed by atoms with Crippen molar-refractivity contribution in [2.75, 3.05) is 11.9 Å². The molecule has 1 N–H and O–H groups in total. The van der Waals surface area contributed by atoms with E-state index in [2.05, 4.69) is 5.32 Å². The minimum absolute atomic E-state index is 0.0713. The van der Waals surface area contributed by atoms with Gasteiger partial charge in [0.05, 0.1) is 0 Å². The fourth-order valence-electron chi connectivity index (χ4n) is 3.39. The van der Waals surface area contributed by atoms with Gasteiger partial charge in [-0.3, -0.25) is 4.79 Å². The molecule has 0 radical (unpaired) electrons. The first-order valence-electron chi connectivity index (χ1n) is 8.97. The lowest BCUT2D eigenvalue weighted by Gasteiger charge is -2.28. The maximum absolute atomic E-state index is 13.2. The van der Waals surface area contributed by atoms with Gasteiger partial charge in [0.2, 0.25) is 10.0 Å². The summed E-state index contributed by atoms with van der Waals surface area (Å²) in [5.74, 6) is -0.406. The van der Waals surface area contributed by atoms with Gasteiger partial charge in [-0.1, -0.05) is 36.4 Å². The SMILES string of the molecule is Cc1cccc(NC(=O)c2sccc2S(=O)(=O)N2CCc3ccccc3C2)c1. The molecule has 4 rings (SSSR count). The number of anilines is 1. The van der Waals surface area contributed by atoms with Crippen molar-refractivity contribution < 1.29 is 13.2 Å². The number of amides is 1. The third-order valence-corrected chi connectivity index (χ3v) is 7.75. The number of thiophene rings is 1. The molecule has 0 aliphatic carbocycles. The number of benzene rings is 2. The number of carbonyl (C=O) groups is 1. The van der Waals surface area contributed by atoms with E-state index in [4.69, 9.17) is 0 Å². The summed E-state index contributed by atoms with van der Waals surface area (Å²) >= 11 is 1.14. The zero-order valence-electron chi connectivity index (χ0n) is 15.4. The number of nitrogens with one attached hydrogen (secondary N) is 1. The second-order valence-electron chi connectivity index (χ2n) is 6.79. The summed E-state index contributed by atoms with van der Waals surface area (Å²) in [6.07, 6.45) is 0.671. The molecule has 7 heteroatoms. The van der Waals surface area contributed by atoms with Crippen molar-refractivity contribution in [3.63, 3.8) is 0 Å². The van der Waals surface area contributed by atoms with Gasteiger partial charge in [0.15, 0.2) is 0 Å². The molecular weight excluding hydrogens is 392 g/mol. The normalized spacial score (nSPS) is 14.5. The predicted molar refractivity (Wildman–Crippen MR) is 111 cm³/mol. The number of rotatable bonds is 4. The largest absolute Gasteiger partial charge is 0.321 e. The van der Waals surface area contributed by atoms with Crippen LogP contribution in [-0.2, 0) is 23.0 Å². The van der Waals surface area contributed by atoms with Crippen LogP contribution in [0.4, 0.5) is 5.69 Å². The Balaban J connectivity index is 1.60. The molecule has 28 heavy (non-hydrogen) atoms. The van der Waals surface area contributed by atoms with Crippen LogP contribution in [0.15, 0.2) is 64.9 Å². The Hall–Kier alpha value is -2.48. The lowest BCUT2D eigenvalue weighted by molar-refractivity contribution is 0.102. The van der Waals surface area contributed by atoms with Crippen molar-refractivity contribution in [3.05, 3.63) is 81.5 Å². The molecule has 0 saturated heterocycles. The maximum Gasteiger partial charge on any atom is 0.267 e. The molecule has 0 unspecified atom stereocenters. The smallest absolute Gasteiger partial charge is 0.267 e. The molecule has 1 aromatic heterocycles. The van der Waals surface area contributed by atoms with E-state index in [0.29, 0.717) is 25.2 Å². The van der Waals surface area contributed by atoms with Crippen molar-refractivity contribution in [2.45, 2.75) is 24.8 Å². The van der Waals surface area contributed by atoms with Crippen molar-refractivity contribution in [2.24, 2.45) is 0 Å². The number of nitrogens with zero attached hydrogens (tertiary/aromatic N) is 1. The van der Waals surface area contributed by atoms with Crippen LogP contribution in [0.5, 0.6) is 0 Å². The van der Waals surface area contributed by atoms with Crippen LogP contribution in [0.25, 0.3) is 0 Å². The summed E-state index contributed by atoms with van der Waals surface area (Å²) in [5.41, 5.74) is 3.85. The quantitative estimate of drug-likeness (QED) is 0.703. The van der Waals surface area contributed by atoms with Gasteiger partial charge in [-0.15, -0.1) is 11.3 Å². The topological polar surface area (TPSA) is 66.5 Å². The Morgan fingerprint density at radius 2 is 1.86 bits per heavy atom.